The van der Waals surface area contributed by atoms with Crippen molar-refractivity contribution < 1.29 is 9.72 Å². The molecule has 1 heterocycles. The molecule has 6 nitrogen and oxygen atoms in total. The molecule has 0 aliphatic rings. The van der Waals surface area contributed by atoms with Gasteiger partial charge in [-0.1, -0.05) is 18.2 Å². The smallest absolute Gasteiger partial charge is 0.322 e. The number of para-hydroxylation sites is 1. The minimum atomic E-state index is -0.675. The van der Waals surface area contributed by atoms with Crippen LogP contribution in [0.3, 0.4) is 0 Å². The van der Waals surface area contributed by atoms with Gasteiger partial charge in [0.1, 0.15) is 5.56 Å². The number of carbonyl (C=O) groups excluding carboxylic acids is 1. The van der Waals surface area contributed by atoms with Crippen LogP contribution in [0.2, 0.25) is 0 Å². The van der Waals surface area contributed by atoms with Crippen LogP contribution in [-0.2, 0) is 0 Å². The molecule has 2 rings (SSSR count). The van der Waals surface area contributed by atoms with Crippen LogP contribution in [0.1, 0.15) is 17.3 Å². The molecule has 0 radical (unpaired) electrons. The normalized spacial score (nSPS) is 10.4. The molecule has 86 valence electrons. The van der Waals surface area contributed by atoms with E-state index in [0.29, 0.717) is 10.9 Å². The molecule has 0 aliphatic heterocycles. The van der Waals surface area contributed by atoms with Crippen molar-refractivity contribution in [1.29, 1.82) is 0 Å². The number of aromatic nitrogens is 1. The third kappa shape index (κ3) is 1.69. The summed E-state index contributed by atoms with van der Waals surface area (Å²) in [5, 5.41) is 11.4. The molecule has 0 saturated carbocycles. The SMILES string of the molecule is CC(=O)c1c([N+](=O)[O-])c(N)nc2ccccc12. The van der Waals surface area contributed by atoms with Crippen LogP contribution in [0.15, 0.2) is 24.3 Å². The van der Waals surface area contributed by atoms with Crippen molar-refractivity contribution in [2.24, 2.45) is 0 Å². The van der Waals surface area contributed by atoms with Crippen LogP contribution in [-0.4, -0.2) is 15.7 Å². The first-order valence-electron chi connectivity index (χ1n) is 4.86. The summed E-state index contributed by atoms with van der Waals surface area (Å²) in [4.78, 5) is 25.7. The fourth-order valence-electron chi connectivity index (χ4n) is 1.76. The van der Waals surface area contributed by atoms with Crippen LogP contribution >= 0.6 is 0 Å². The van der Waals surface area contributed by atoms with Gasteiger partial charge in [0.15, 0.2) is 5.78 Å². The van der Waals surface area contributed by atoms with Crippen molar-refractivity contribution in [3.63, 3.8) is 0 Å². The van der Waals surface area contributed by atoms with E-state index in [0.717, 1.165) is 0 Å². The van der Waals surface area contributed by atoms with E-state index in [1.807, 2.05) is 0 Å². The summed E-state index contributed by atoms with van der Waals surface area (Å²) in [5.41, 5.74) is 5.59. The van der Waals surface area contributed by atoms with E-state index >= 15 is 0 Å². The van der Waals surface area contributed by atoms with Gasteiger partial charge in [-0.25, -0.2) is 4.98 Å². The summed E-state index contributed by atoms with van der Waals surface area (Å²) >= 11 is 0. The largest absolute Gasteiger partial charge is 0.378 e. The highest BCUT2D eigenvalue weighted by Gasteiger charge is 2.25. The van der Waals surface area contributed by atoms with E-state index in [1.54, 1.807) is 24.3 Å². The second kappa shape index (κ2) is 3.82. The van der Waals surface area contributed by atoms with Gasteiger partial charge in [-0.3, -0.25) is 14.9 Å². The Kier molecular flexibility index (Phi) is 2.47. The third-order valence-corrected chi connectivity index (χ3v) is 2.43. The average molecular weight is 231 g/mol. The van der Waals surface area contributed by atoms with Gasteiger partial charge in [-0.05, 0) is 13.0 Å². The lowest BCUT2D eigenvalue weighted by Gasteiger charge is -2.06. The molecular formula is C11H9N3O3. The fraction of sp³-hybridized carbons (Fsp3) is 0.0909. The number of nitrogen functional groups attached to an aromatic ring is 1. The summed E-state index contributed by atoms with van der Waals surface area (Å²) in [6.45, 7) is 1.27. The number of pyridine rings is 1. The molecule has 1 aromatic heterocycles. The Balaban J connectivity index is 2.99. The molecule has 0 fully saturated rings. The second-order valence-electron chi connectivity index (χ2n) is 3.55. The molecule has 6 heteroatoms. The van der Waals surface area contributed by atoms with E-state index in [9.17, 15) is 14.9 Å². The van der Waals surface area contributed by atoms with Gasteiger partial charge in [-0.15, -0.1) is 0 Å². The van der Waals surface area contributed by atoms with Gasteiger partial charge < -0.3 is 5.73 Å². The van der Waals surface area contributed by atoms with Crippen LogP contribution in [0.5, 0.6) is 0 Å². The minimum absolute atomic E-state index is 0.0121. The number of fused-ring (bicyclic) bond motifs is 1. The van der Waals surface area contributed by atoms with Crippen LogP contribution in [0, 0.1) is 10.1 Å². The fourth-order valence-corrected chi connectivity index (χ4v) is 1.76. The first-order chi connectivity index (χ1) is 8.02. The summed E-state index contributed by atoms with van der Waals surface area (Å²) in [6, 6.07) is 6.69. The number of nitrogens with zero attached hydrogens (tertiary/aromatic N) is 2. The molecule has 0 bridgehead atoms. The highest BCUT2D eigenvalue weighted by atomic mass is 16.6. The molecule has 0 saturated heterocycles. The summed E-state index contributed by atoms with van der Waals surface area (Å²) in [7, 11) is 0. The monoisotopic (exact) mass is 231 g/mol. The Hall–Kier alpha value is -2.50. The molecule has 0 amide bonds. The Bertz CT molecular complexity index is 637. The third-order valence-electron chi connectivity index (χ3n) is 2.43. The Morgan fingerprint density at radius 3 is 2.65 bits per heavy atom. The zero-order valence-electron chi connectivity index (χ0n) is 9.01. The van der Waals surface area contributed by atoms with E-state index in [-0.39, 0.29) is 11.4 Å². The molecule has 0 atom stereocenters. The minimum Gasteiger partial charge on any atom is -0.378 e. The van der Waals surface area contributed by atoms with Gasteiger partial charge >= 0.3 is 5.69 Å². The second-order valence-corrected chi connectivity index (χ2v) is 3.55. The Labute approximate surface area is 96.2 Å². The number of hydrogen-bond donors (Lipinski definition) is 1. The number of rotatable bonds is 2. The van der Waals surface area contributed by atoms with Crippen molar-refractivity contribution in [1.82, 2.24) is 4.98 Å². The molecule has 17 heavy (non-hydrogen) atoms. The molecule has 2 N–H and O–H groups in total. The maximum Gasteiger partial charge on any atom is 0.322 e. The lowest BCUT2D eigenvalue weighted by atomic mass is 10.0. The number of nitrogens with two attached hydrogens (primary N) is 1. The van der Waals surface area contributed by atoms with Gasteiger partial charge in [0.25, 0.3) is 0 Å². The molecule has 2 aromatic rings. The zero-order chi connectivity index (χ0) is 12.6. The lowest BCUT2D eigenvalue weighted by molar-refractivity contribution is -0.384. The summed E-state index contributed by atoms with van der Waals surface area (Å²) in [5.74, 6) is -0.638. The first kappa shape index (κ1) is 11.0. The summed E-state index contributed by atoms with van der Waals surface area (Å²) in [6.07, 6.45) is 0. The van der Waals surface area contributed by atoms with E-state index in [2.05, 4.69) is 4.98 Å². The van der Waals surface area contributed by atoms with Gasteiger partial charge in [0, 0.05) is 5.39 Å². The lowest BCUT2D eigenvalue weighted by Crippen LogP contribution is -2.07. The number of hydrogen-bond acceptors (Lipinski definition) is 5. The quantitative estimate of drug-likeness (QED) is 0.483. The molecule has 0 unspecified atom stereocenters. The number of carbonyl (C=O) groups is 1. The van der Waals surface area contributed by atoms with Crippen molar-refractivity contribution >= 4 is 28.2 Å². The van der Waals surface area contributed by atoms with Gasteiger partial charge in [0.2, 0.25) is 5.82 Å². The summed E-state index contributed by atoms with van der Waals surface area (Å²) < 4.78 is 0. The van der Waals surface area contributed by atoms with Crippen molar-refractivity contribution in [2.75, 3.05) is 5.73 Å². The maximum atomic E-state index is 11.5. The predicted octanol–water partition coefficient (Wildman–Crippen LogP) is 1.93. The van der Waals surface area contributed by atoms with Crippen molar-refractivity contribution in [3.05, 3.63) is 39.9 Å². The maximum absolute atomic E-state index is 11.5. The number of Topliss-reactive ketones (excluding diaryl/α,β-unsaturated/α-hetero) is 1. The standard InChI is InChI=1S/C11H9N3O3/c1-6(15)9-7-4-2-3-5-8(7)13-11(12)10(9)14(16)17/h2-5H,1H3,(H2,12,13). The average Bonchev–Trinajstić information content (AvgIpc) is 2.26. The molecule has 0 aliphatic carbocycles. The number of nitro groups is 1. The van der Waals surface area contributed by atoms with Gasteiger partial charge in [0.05, 0.1) is 10.4 Å². The highest BCUT2D eigenvalue weighted by molar-refractivity contribution is 6.11. The first-order valence-corrected chi connectivity index (χ1v) is 4.86. The topological polar surface area (TPSA) is 99.1 Å². The van der Waals surface area contributed by atoms with Gasteiger partial charge in [-0.2, -0.15) is 0 Å². The number of ketones is 1. The zero-order valence-corrected chi connectivity index (χ0v) is 9.01. The Morgan fingerprint density at radius 1 is 1.41 bits per heavy atom. The molecule has 1 aromatic carbocycles. The van der Waals surface area contributed by atoms with Crippen LogP contribution < -0.4 is 5.73 Å². The van der Waals surface area contributed by atoms with Crippen molar-refractivity contribution in [2.45, 2.75) is 6.92 Å². The molecular weight excluding hydrogens is 222 g/mol. The number of benzene rings is 1. The predicted molar refractivity (Wildman–Crippen MR) is 62.8 cm³/mol. The number of anilines is 1. The Morgan fingerprint density at radius 2 is 2.06 bits per heavy atom. The van der Waals surface area contributed by atoms with Crippen LogP contribution in [0.25, 0.3) is 10.9 Å². The van der Waals surface area contributed by atoms with E-state index < -0.39 is 16.4 Å². The molecule has 0 spiro atoms. The highest BCUT2D eigenvalue weighted by Crippen LogP contribution is 2.31. The van der Waals surface area contributed by atoms with E-state index in [4.69, 9.17) is 5.73 Å². The van der Waals surface area contributed by atoms with E-state index in [1.165, 1.54) is 6.92 Å². The van der Waals surface area contributed by atoms with Crippen LogP contribution in [0.4, 0.5) is 11.5 Å². The van der Waals surface area contributed by atoms with Crippen molar-refractivity contribution in [3.8, 4) is 0 Å².